The van der Waals surface area contributed by atoms with E-state index in [1.54, 1.807) is 16.4 Å². The van der Waals surface area contributed by atoms with Gasteiger partial charge in [0, 0.05) is 29.5 Å². The Kier molecular flexibility index (Phi) is 5.71. The number of hydrogen-bond donors (Lipinski definition) is 0. The van der Waals surface area contributed by atoms with Crippen LogP contribution < -0.4 is 0 Å². The second kappa shape index (κ2) is 6.96. The van der Waals surface area contributed by atoms with Gasteiger partial charge in [-0.15, -0.1) is 11.6 Å². The summed E-state index contributed by atoms with van der Waals surface area (Å²) in [6, 6.07) is 5.50. The third-order valence-corrected chi connectivity index (χ3v) is 7.02. The second-order valence-electron chi connectivity index (χ2n) is 5.52. The molecular formula is C14H20BrClN2O2S. The summed E-state index contributed by atoms with van der Waals surface area (Å²) in [6.07, 6.45) is 1.91. The molecule has 1 unspecified atom stereocenters. The Balaban J connectivity index is 2.33. The van der Waals surface area contributed by atoms with E-state index in [2.05, 4.69) is 20.8 Å². The van der Waals surface area contributed by atoms with E-state index in [1.807, 2.05) is 20.2 Å². The van der Waals surface area contributed by atoms with E-state index in [9.17, 15) is 8.42 Å². The zero-order valence-electron chi connectivity index (χ0n) is 12.2. The molecule has 1 aromatic rings. The summed E-state index contributed by atoms with van der Waals surface area (Å²) in [7, 11) is 0.491. The van der Waals surface area contributed by atoms with Crippen molar-refractivity contribution in [2.75, 3.05) is 27.2 Å². The van der Waals surface area contributed by atoms with E-state index in [0.717, 1.165) is 18.4 Å². The summed E-state index contributed by atoms with van der Waals surface area (Å²) in [5, 5.41) is 0. The Morgan fingerprint density at radius 2 is 2.14 bits per heavy atom. The fourth-order valence-corrected chi connectivity index (χ4v) is 5.19. The van der Waals surface area contributed by atoms with Gasteiger partial charge in [0.25, 0.3) is 0 Å². The predicted molar refractivity (Wildman–Crippen MR) is 89.2 cm³/mol. The Morgan fingerprint density at radius 1 is 1.43 bits per heavy atom. The number of sulfonamides is 1. The Labute approximate surface area is 140 Å². The first-order valence-electron chi connectivity index (χ1n) is 6.87. The van der Waals surface area contributed by atoms with E-state index in [4.69, 9.17) is 11.6 Å². The van der Waals surface area contributed by atoms with Crippen molar-refractivity contribution in [3.63, 3.8) is 0 Å². The lowest BCUT2D eigenvalue weighted by atomic mass is 10.1. The molecule has 0 bridgehead atoms. The minimum absolute atomic E-state index is 0.267. The molecule has 21 heavy (non-hydrogen) atoms. The van der Waals surface area contributed by atoms with Gasteiger partial charge in [-0.05, 0) is 60.6 Å². The zero-order chi connectivity index (χ0) is 15.6. The summed E-state index contributed by atoms with van der Waals surface area (Å²) >= 11 is 9.17. The molecule has 1 aromatic carbocycles. The van der Waals surface area contributed by atoms with Crippen LogP contribution in [0.25, 0.3) is 0 Å². The topological polar surface area (TPSA) is 40.6 Å². The van der Waals surface area contributed by atoms with Crippen molar-refractivity contribution in [2.45, 2.75) is 29.7 Å². The molecule has 1 aliphatic heterocycles. The van der Waals surface area contributed by atoms with Crippen LogP contribution in [-0.4, -0.2) is 50.8 Å². The van der Waals surface area contributed by atoms with Gasteiger partial charge in [0.05, 0.1) is 4.90 Å². The van der Waals surface area contributed by atoms with Gasteiger partial charge in [-0.1, -0.05) is 6.07 Å². The van der Waals surface area contributed by atoms with Crippen LogP contribution in [0.4, 0.5) is 0 Å². The number of hydrogen-bond acceptors (Lipinski definition) is 3. The molecule has 0 aromatic heterocycles. The Hall–Kier alpha value is -0.140. The van der Waals surface area contributed by atoms with Crippen LogP contribution in [0, 0.1) is 0 Å². The summed E-state index contributed by atoms with van der Waals surface area (Å²) < 4.78 is 27.9. The van der Waals surface area contributed by atoms with E-state index >= 15 is 0 Å². The van der Waals surface area contributed by atoms with Crippen LogP contribution >= 0.6 is 27.5 Å². The number of benzene rings is 1. The highest BCUT2D eigenvalue weighted by Gasteiger charge is 2.32. The van der Waals surface area contributed by atoms with Crippen LogP contribution in [0.15, 0.2) is 27.6 Å². The summed E-state index contributed by atoms with van der Waals surface area (Å²) in [6.45, 7) is 1.11. The molecule has 0 spiro atoms. The van der Waals surface area contributed by atoms with Gasteiger partial charge < -0.3 is 4.90 Å². The number of nitrogens with zero attached hydrogens (tertiary/aromatic N) is 2. The number of likely N-dealkylation sites (N-methyl/N-ethyl adjacent to an activating group) is 1. The van der Waals surface area contributed by atoms with Crippen molar-refractivity contribution in [1.82, 2.24) is 9.21 Å². The summed E-state index contributed by atoms with van der Waals surface area (Å²) in [4.78, 5) is 2.39. The van der Waals surface area contributed by atoms with Crippen molar-refractivity contribution >= 4 is 37.6 Å². The average molecular weight is 396 g/mol. The molecule has 0 amide bonds. The molecule has 1 aliphatic rings. The number of rotatable bonds is 4. The predicted octanol–water partition coefficient (Wildman–Crippen LogP) is 2.90. The van der Waals surface area contributed by atoms with Crippen molar-refractivity contribution in [1.29, 1.82) is 0 Å². The van der Waals surface area contributed by atoms with E-state index in [1.165, 1.54) is 0 Å². The minimum atomic E-state index is -3.49. The summed E-state index contributed by atoms with van der Waals surface area (Å²) in [5.41, 5.74) is 0.805. The highest BCUT2D eigenvalue weighted by atomic mass is 79.9. The molecule has 118 valence electrons. The molecule has 2 rings (SSSR count). The first-order chi connectivity index (χ1) is 9.86. The lowest BCUT2D eigenvalue weighted by Gasteiger charge is -2.35. The van der Waals surface area contributed by atoms with Crippen LogP contribution in [-0.2, 0) is 15.9 Å². The van der Waals surface area contributed by atoms with Gasteiger partial charge in [-0.2, -0.15) is 4.31 Å². The molecule has 4 nitrogen and oxygen atoms in total. The normalized spacial score (nSPS) is 20.9. The fraction of sp³-hybridized carbons (Fsp3) is 0.571. The Morgan fingerprint density at radius 3 is 2.76 bits per heavy atom. The van der Waals surface area contributed by atoms with Gasteiger partial charge >= 0.3 is 0 Å². The standard InChI is InChI=1S/C14H20BrClN2O2S/c1-17(2)12-4-3-7-18(10-12)21(19,20)14-8-11(9-16)5-6-13(14)15/h5-6,8,12H,3-4,7,9-10H2,1-2H3. The molecule has 0 saturated carbocycles. The van der Waals surface area contributed by atoms with Crippen LogP contribution in [0.2, 0.25) is 0 Å². The zero-order valence-corrected chi connectivity index (χ0v) is 15.4. The molecule has 0 N–H and O–H groups in total. The molecule has 1 heterocycles. The molecule has 0 aliphatic carbocycles. The van der Waals surface area contributed by atoms with Gasteiger partial charge in [-0.3, -0.25) is 0 Å². The van der Waals surface area contributed by atoms with Gasteiger partial charge in [0.1, 0.15) is 0 Å². The molecule has 1 saturated heterocycles. The number of halogens is 2. The third-order valence-electron chi connectivity index (χ3n) is 3.86. The lowest BCUT2D eigenvalue weighted by molar-refractivity contribution is 0.190. The lowest BCUT2D eigenvalue weighted by Crippen LogP contribution is -2.47. The maximum Gasteiger partial charge on any atom is 0.244 e. The molecule has 1 atom stereocenters. The molecule has 0 radical (unpaired) electrons. The van der Waals surface area contributed by atoms with Crippen molar-refractivity contribution in [2.24, 2.45) is 0 Å². The smallest absolute Gasteiger partial charge is 0.244 e. The SMILES string of the molecule is CN(C)C1CCCN(S(=O)(=O)c2cc(CCl)ccc2Br)C1. The van der Waals surface area contributed by atoms with Gasteiger partial charge in [0.2, 0.25) is 10.0 Å². The number of piperidine rings is 1. The van der Waals surface area contributed by atoms with Crippen molar-refractivity contribution in [3.8, 4) is 0 Å². The second-order valence-corrected chi connectivity index (χ2v) is 8.55. The van der Waals surface area contributed by atoms with Crippen LogP contribution in [0.3, 0.4) is 0 Å². The van der Waals surface area contributed by atoms with Gasteiger partial charge in [0.15, 0.2) is 0 Å². The highest BCUT2D eigenvalue weighted by molar-refractivity contribution is 9.10. The average Bonchev–Trinajstić information content (AvgIpc) is 2.47. The van der Waals surface area contributed by atoms with Crippen molar-refractivity contribution < 1.29 is 8.42 Å². The van der Waals surface area contributed by atoms with E-state index in [-0.39, 0.29) is 6.04 Å². The maximum absolute atomic E-state index is 12.9. The van der Waals surface area contributed by atoms with Crippen LogP contribution in [0.1, 0.15) is 18.4 Å². The third kappa shape index (κ3) is 3.79. The largest absolute Gasteiger partial charge is 0.305 e. The number of alkyl halides is 1. The molecule has 7 heteroatoms. The first kappa shape index (κ1) is 17.2. The van der Waals surface area contributed by atoms with E-state index in [0.29, 0.717) is 28.3 Å². The van der Waals surface area contributed by atoms with Crippen LogP contribution in [0.5, 0.6) is 0 Å². The summed E-state index contributed by atoms with van der Waals surface area (Å²) in [5.74, 6) is 0.302. The Bertz CT molecular complexity index is 607. The maximum atomic E-state index is 12.9. The van der Waals surface area contributed by atoms with E-state index < -0.39 is 10.0 Å². The highest BCUT2D eigenvalue weighted by Crippen LogP contribution is 2.29. The molecule has 1 fully saturated rings. The van der Waals surface area contributed by atoms with Gasteiger partial charge in [-0.25, -0.2) is 8.42 Å². The first-order valence-corrected chi connectivity index (χ1v) is 9.64. The quantitative estimate of drug-likeness (QED) is 0.736. The van der Waals surface area contributed by atoms with Crippen molar-refractivity contribution in [3.05, 3.63) is 28.2 Å². The minimum Gasteiger partial charge on any atom is -0.305 e. The molecular weight excluding hydrogens is 376 g/mol. The fourth-order valence-electron chi connectivity index (χ4n) is 2.53. The monoisotopic (exact) mass is 394 g/mol.